The number of primary amides is 1. The predicted molar refractivity (Wildman–Crippen MR) is 114 cm³/mol. The lowest BCUT2D eigenvalue weighted by atomic mass is 10.1. The topological polar surface area (TPSA) is 114 Å². The van der Waals surface area contributed by atoms with Gasteiger partial charge in [0, 0.05) is 14.9 Å². The number of rotatable bonds is 6. The van der Waals surface area contributed by atoms with Gasteiger partial charge in [0.2, 0.25) is 11.1 Å². The Morgan fingerprint density at radius 2 is 2.14 bits per heavy atom. The van der Waals surface area contributed by atoms with Gasteiger partial charge < -0.3 is 11.1 Å². The van der Waals surface area contributed by atoms with E-state index in [1.54, 1.807) is 0 Å². The normalized spacial score (nSPS) is 12.8. The molecule has 0 saturated heterocycles. The van der Waals surface area contributed by atoms with Gasteiger partial charge in [0.1, 0.15) is 5.00 Å². The molecule has 2 heterocycles. The van der Waals surface area contributed by atoms with Crippen LogP contribution in [0.15, 0.2) is 33.9 Å². The number of hydrogen-bond acceptors (Lipinski definition) is 6. The van der Waals surface area contributed by atoms with Crippen LogP contribution in [0.2, 0.25) is 0 Å². The lowest BCUT2D eigenvalue weighted by Gasteiger charge is -2.05. The van der Waals surface area contributed by atoms with E-state index in [1.807, 2.05) is 24.3 Å². The van der Waals surface area contributed by atoms with Gasteiger partial charge in [-0.1, -0.05) is 45.9 Å². The molecule has 0 saturated carbocycles. The van der Waals surface area contributed by atoms with Crippen molar-refractivity contribution in [3.63, 3.8) is 0 Å². The van der Waals surface area contributed by atoms with Crippen LogP contribution in [0, 0.1) is 0 Å². The minimum absolute atomic E-state index is 0.133. The number of nitrogens with one attached hydrogen (secondary N) is 2. The second-order valence-electron chi connectivity index (χ2n) is 6.21. The fraction of sp³-hybridized carbons (Fsp3) is 0.222. The number of amides is 2. The van der Waals surface area contributed by atoms with Gasteiger partial charge in [-0.2, -0.15) is 0 Å². The van der Waals surface area contributed by atoms with Crippen LogP contribution in [-0.4, -0.2) is 32.7 Å². The minimum atomic E-state index is -0.491. The Bertz CT molecular complexity index is 1060. The van der Waals surface area contributed by atoms with E-state index >= 15 is 0 Å². The van der Waals surface area contributed by atoms with Gasteiger partial charge >= 0.3 is 0 Å². The van der Waals surface area contributed by atoms with Gasteiger partial charge in [-0.05, 0) is 30.9 Å². The summed E-state index contributed by atoms with van der Waals surface area (Å²) >= 11 is 6.15. The quantitative estimate of drug-likeness (QED) is 0.469. The summed E-state index contributed by atoms with van der Waals surface area (Å²) in [5.74, 6) is 0.0451. The Morgan fingerprint density at radius 3 is 2.93 bits per heavy atom. The largest absolute Gasteiger partial charge is 0.365 e. The molecule has 0 unspecified atom stereocenters. The van der Waals surface area contributed by atoms with E-state index in [0.29, 0.717) is 21.5 Å². The minimum Gasteiger partial charge on any atom is -0.365 e. The van der Waals surface area contributed by atoms with E-state index in [4.69, 9.17) is 5.73 Å². The molecule has 0 bridgehead atoms. The highest BCUT2D eigenvalue weighted by Gasteiger charge is 2.26. The molecule has 1 aromatic carbocycles. The van der Waals surface area contributed by atoms with E-state index in [9.17, 15) is 9.59 Å². The maximum atomic E-state index is 12.4. The van der Waals surface area contributed by atoms with Crippen molar-refractivity contribution in [2.45, 2.75) is 24.4 Å². The smallest absolute Gasteiger partial charge is 0.251 e. The first-order chi connectivity index (χ1) is 13.5. The van der Waals surface area contributed by atoms with Crippen molar-refractivity contribution in [1.29, 1.82) is 0 Å². The summed E-state index contributed by atoms with van der Waals surface area (Å²) in [6.07, 6.45) is 2.79. The van der Waals surface area contributed by atoms with Gasteiger partial charge in [-0.25, -0.2) is 4.98 Å². The molecule has 3 aromatic rings. The molecule has 0 aliphatic heterocycles. The lowest BCUT2D eigenvalue weighted by molar-refractivity contribution is -0.113. The summed E-state index contributed by atoms with van der Waals surface area (Å²) in [4.78, 5) is 29.7. The first-order valence-corrected chi connectivity index (χ1v) is 11.2. The van der Waals surface area contributed by atoms with E-state index < -0.39 is 5.91 Å². The number of aromatic nitrogens is 3. The average Bonchev–Trinajstić information content (AvgIpc) is 3.35. The highest BCUT2D eigenvalue weighted by atomic mass is 79.9. The molecule has 7 nitrogen and oxygen atoms in total. The van der Waals surface area contributed by atoms with Crippen molar-refractivity contribution in [3.8, 4) is 11.4 Å². The summed E-state index contributed by atoms with van der Waals surface area (Å²) < 4.78 is 0.908. The van der Waals surface area contributed by atoms with Gasteiger partial charge in [0.05, 0.1) is 11.3 Å². The molecular formula is C18H16BrN5O2S2. The van der Waals surface area contributed by atoms with Crippen molar-refractivity contribution in [2.75, 3.05) is 11.1 Å². The zero-order valence-corrected chi connectivity index (χ0v) is 17.8. The monoisotopic (exact) mass is 477 g/mol. The molecule has 4 rings (SSSR count). The van der Waals surface area contributed by atoms with Crippen molar-refractivity contribution in [3.05, 3.63) is 44.7 Å². The first kappa shape index (κ1) is 19.2. The Morgan fingerprint density at radius 1 is 1.32 bits per heavy atom. The fourth-order valence-corrected chi connectivity index (χ4v) is 5.51. The third-order valence-electron chi connectivity index (χ3n) is 4.35. The number of thiophene rings is 1. The Hall–Kier alpha value is -2.17. The van der Waals surface area contributed by atoms with Crippen molar-refractivity contribution in [1.82, 2.24) is 15.2 Å². The zero-order chi connectivity index (χ0) is 19.7. The van der Waals surface area contributed by atoms with E-state index in [1.165, 1.54) is 23.1 Å². The Balaban J connectivity index is 1.41. The molecule has 0 atom stereocenters. The molecule has 0 radical (unpaired) electrons. The predicted octanol–water partition coefficient (Wildman–Crippen LogP) is 3.61. The molecule has 0 spiro atoms. The van der Waals surface area contributed by atoms with Crippen LogP contribution >= 0.6 is 39.0 Å². The maximum Gasteiger partial charge on any atom is 0.251 e. The number of halogens is 1. The zero-order valence-electron chi connectivity index (χ0n) is 14.6. The number of aromatic amines is 1. The Labute approximate surface area is 177 Å². The number of carbonyl (C=O) groups is 2. The van der Waals surface area contributed by atoms with Gasteiger partial charge in [0.25, 0.3) is 5.91 Å². The molecule has 2 aromatic heterocycles. The molecule has 1 aliphatic carbocycles. The van der Waals surface area contributed by atoms with Gasteiger partial charge in [0.15, 0.2) is 5.82 Å². The molecule has 10 heteroatoms. The van der Waals surface area contributed by atoms with Crippen LogP contribution in [0.1, 0.15) is 27.2 Å². The standard InChI is InChI=1S/C18H16BrN5O2S2/c19-11-6-2-1-4-9(11)16-22-18(24-23-16)27-8-13(25)21-17-14(15(20)26)10-5-3-7-12(10)28-17/h1-2,4,6H,3,5,7-8H2,(H2,20,26)(H,21,25)(H,22,23,24). The molecule has 2 amide bonds. The fourth-order valence-electron chi connectivity index (χ4n) is 3.13. The summed E-state index contributed by atoms with van der Waals surface area (Å²) in [6.45, 7) is 0. The SMILES string of the molecule is NC(=O)c1c(NC(=O)CSc2n[nH]c(-c3ccccc3Br)n2)sc2c1CCC2. The van der Waals surface area contributed by atoms with Crippen molar-refractivity contribution >= 4 is 55.8 Å². The average molecular weight is 478 g/mol. The van der Waals surface area contributed by atoms with Crippen LogP contribution < -0.4 is 11.1 Å². The van der Waals surface area contributed by atoms with Crippen LogP contribution in [0.4, 0.5) is 5.00 Å². The molecular weight excluding hydrogens is 462 g/mol. The summed E-state index contributed by atoms with van der Waals surface area (Å²) in [6, 6.07) is 7.68. The number of anilines is 1. The van der Waals surface area contributed by atoms with Crippen LogP contribution in [0.25, 0.3) is 11.4 Å². The lowest BCUT2D eigenvalue weighted by Crippen LogP contribution is -2.18. The number of carbonyl (C=O) groups excluding carboxylic acids is 2. The summed E-state index contributed by atoms with van der Waals surface area (Å²) in [5, 5.41) is 10.9. The first-order valence-electron chi connectivity index (χ1n) is 8.57. The van der Waals surface area contributed by atoms with Gasteiger partial charge in [-0.15, -0.1) is 16.4 Å². The van der Waals surface area contributed by atoms with E-state index in [2.05, 4.69) is 36.4 Å². The second kappa shape index (κ2) is 8.06. The molecule has 144 valence electrons. The molecule has 28 heavy (non-hydrogen) atoms. The van der Waals surface area contributed by atoms with Crippen LogP contribution in [0.5, 0.6) is 0 Å². The number of nitrogens with two attached hydrogens (primary N) is 1. The Kier molecular flexibility index (Phi) is 5.51. The maximum absolute atomic E-state index is 12.4. The number of hydrogen-bond donors (Lipinski definition) is 3. The number of benzene rings is 1. The third kappa shape index (κ3) is 3.85. The van der Waals surface area contributed by atoms with E-state index in [-0.39, 0.29) is 11.7 Å². The number of H-pyrrole nitrogens is 1. The third-order valence-corrected chi connectivity index (χ3v) is 7.09. The molecule has 1 aliphatic rings. The number of nitrogens with zero attached hydrogens (tertiary/aromatic N) is 2. The summed E-state index contributed by atoms with van der Waals surface area (Å²) in [7, 11) is 0. The second-order valence-corrected chi connectivity index (χ2v) is 9.11. The van der Waals surface area contributed by atoms with E-state index in [0.717, 1.165) is 39.7 Å². The van der Waals surface area contributed by atoms with Gasteiger partial charge in [-0.3, -0.25) is 14.7 Å². The number of thioether (sulfide) groups is 1. The number of aryl methyl sites for hydroxylation is 1. The molecule has 4 N–H and O–H groups in total. The highest BCUT2D eigenvalue weighted by Crippen LogP contribution is 2.39. The van der Waals surface area contributed by atoms with Crippen molar-refractivity contribution < 1.29 is 9.59 Å². The molecule has 0 fully saturated rings. The summed E-state index contributed by atoms with van der Waals surface area (Å²) in [5.41, 5.74) is 7.88. The number of fused-ring (bicyclic) bond motifs is 1. The van der Waals surface area contributed by atoms with Crippen LogP contribution in [-0.2, 0) is 17.6 Å². The van der Waals surface area contributed by atoms with Crippen LogP contribution in [0.3, 0.4) is 0 Å². The highest BCUT2D eigenvalue weighted by molar-refractivity contribution is 9.10. The van der Waals surface area contributed by atoms with Crippen molar-refractivity contribution in [2.24, 2.45) is 5.73 Å².